The lowest BCUT2D eigenvalue weighted by Gasteiger charge is -2.31. The number of piperidine rings is 1. The van der Waals surface area contributed by atoms with E-state index in [1.807, 2.05) is 13.8 Å². The summed E-state index contributed by atoms with van der Waals surface area (Å²) in [6.07, 6.45) is 0.684. The van der Waals surface area contributed by atoms with Crippen molar-refractivity contribution in [2.24, 2.45) is 5.92 Å². The smallest absolute Gasteiger partial charge is 0.229 e. The van der Waals surface area contributed by atoms with Crippen LogP contribution in [0, 0.1) is 5.92 Å². The van der Waals surface area contributed by atoms with Crippen molar-refractivity contribution in [2.75, 3.05) is 18.8 Å². The maximum absolute atomic E-state index is 12.6. The van der Waals surface area contributed by atoms with Gasteiger partial charge in [-0.05, 0) is 37.0 Å². The molecule has 23 heavy (non-hydrogen) atoms. The van der Waals surface area contributed by atoms with E-state index in [0.29, 0.717) is 17.9 Å². The Kier molecular flexibility index (Phi) is 5.76. The summed E-state index contributed by atoms with van der Waals surface area (Å²) in [6, 6.07) is 6.13. The molecule has 8 heteroatoms. The van der Waals surface area contributed by atoms with Crippen molar-refractivity contribution in [3.63, 3.8) is 0 Å². The Labute approximate surface area is 143 Å². The molecule has 130 valence electrons. The Morgan fingerprint density at radius 1 is 1.17 bits per heavy atom. The van der Waals surface area contributed by atoms with Gasteiger partial charge in [-0.1, -0.05) is 31.5 Å². The second-order valence-corrected chi connectivity index (χ2v) is 11.0. The molecular formula is C15H22ClNO4S2. The Morgan fingerprint density at radius 2 is 1.78 bits per heavy atom. The van der Waals surface area contributed by atoms with Crippen molar-refractivity contribution < 1.29 is 16.8 Å². The van der Waals surface area contributed by atoms with Crippen LogP contribution in [-0.2, 0) is 19.9 Å². The number of halogens is 1. The van der Waals surface area contributed by atoms with Crippen LogP contribution in [0.5, 0.6) is 0 Å². The van der Waals surface area contributed by atoms with Gasteiger partial charge in [-0.15, -0.1) is 0 Å². The first-order chi connectivity index (χ1) is 10.6. The SMILES string of the molecule is CC(C)CS(=O)(=O)C1CCN(S(=O)(=O)c2cccc(Cl)c2)CC1. The molecule has 0 amide bonds. The third-order valence-electron chi connectivity index (χ3n) is 3.91. The highest BCUT2D eigenvalue weighted by atomic mass is 35.5. The fourth-order valence-electron chi connectivity index (χ4n) is 2.81. The normalized spacial score (nSPS) is 18.4. The molecule has 0 aromatic heterocycles. The zero-order valence-electron chi connectivity index (χ0n) is 13.3. The third-order valence-corrected chi connectivity index (χ3v) is 8.66. The van der Waals surface area contributed by atoms with Crippen LogP contribution >= 0.6 is 11.6 Å². The molecule has 0 atom stereocenters. The van der Waals surface area contributed by atoms with Crippen molar-refractivity contribution in [1.82, 2.24) is 4.31 Å². The molecule has 2 rings (SSSR count). The van der Waals surface area contributed by atoms with Crippen LogP contribution in [-0.4, -0.2) is 45.2 Å². The summed E-state index contributed by atoms with van der Waals surface area (Å²) in [5.74, 6) is 0.229. The molecule has 0 bridgehead atoms. The van der Waals surface area contributed by atoms with Crippen LogP contribution in [0.4, 0.5) is 0 Å². The number of nitrogens with zero attached hydrogens (tertiary/aromatic N) is 1. The minimum absolute atomic E-state index is 0.0771. The summed E-state index contributed by atoms with van der Waals surface area (Å²) in [5.41, 5.74) is 0. The van der Waals surface area contributed by atoms with Crippen molar-refractivity contribution >= 4 is 31.5 Å². The molecule has 1 fully saturated rings. The minimum atomic E-state index is -3.62. The molecule has 1 aromatic carbocycles. The van der Waals surface area contributed by atoms with E-state index in [2.05, 4.69) is 0 Å². The number of hydrogen-bond acceptors (Lipinski definition) is 4. The maximum Gasteiger partial charge on any atom is 0.243 e. The fourth-order valence-corrected chi connectivity index (χ4v) is 6.71. The predicted octanol–water partition coefficient (Wildman–Crippen LogP) is 2.56. The van der Waals surface area contributed by atoms with E-state index >= 15 is 0 Å². The molecule has 1 saturated heterocycles. The van der Waals surface area contributed by atoms with Crippen LogP contribution in [0.3, 0.4) is 0 Å². The van der Waals surface area contributed by atoms with Gasteiger partial charge in [-0.2, -0.15) is 4.31 Å². The highest BCUT2D eigenvalue weighted by Gasteiger charge is 2.35. The average molecular weight is 380 g/mol. The summed E-state index contributed by atoms with van der Waals surface area (Å²) in [7, 11) is -6.79. The molecule has 0 unspecified atom stereocenters. The third kappa shape index (κ3) is 4.47. The van der Waals surface area contributed by atoms with E-state index in [9.17, 15) is 16.8 Å². The molecule has 1 aliphatic heterocycles. The van der Waals surface area contributed by atoms with Gasteiger partial charge in [0.25, 0.3) is 0 Å². The van der Waals surface area contributed by atoms with Gasteiger partial charge in [0.1, 0.15) is 0 Å². The quantitative estimate of drug-likeness (QED) is 0.788. The van der Waals surface area contributed by atoms with Crippen molar-refractivity contribution in [1.29, 1.82) is 0 Å². The lowest BCUT2D eigenvalue weighted by molar-refractivity contribution is 0.345. The summed E-state index contributed by atoms with van der Waals surface area (Å²) >= 11 is 5.86. The van der Waals surface area contributed by atoms with Gasteiger partial charge in [0, 0.05) is 18.1 Å². The zero-order valence-corrected chi connectivity index (χ0v) is 15.7. The number of sulfonamides is 1. The van der Waals surface area contributed by atoms with Gasteiger partial charge >= 0.3 is 0 Å². The molecule has 0 spiro atoms. The van der Waals surface area contributed by atoms with Gasteiger partial charge in [-0.25, -0.2) is 16.8 Å². The Morgan fingerprint density at radius 3 is 2.30 bits per heavy atom. The zero-order chi connectivity index (χ0) is 17.3. The van der Waals surface area contributed by atoms with E-state index in [4.69, 9.17) is 11.6 Å². The van der Waals surface area contributed by atoms with E-state index < -0.39 is 25.1 Å². The highest BCUT2D eigenvalue weighted by Crippen LogP contribution is 2.26. The monoisotopic (exact) mass is 379 g/mol. The second kappa shape index (κ2) is 7.09. The molecular weight excluding hydrogens is 358 g/mol. The topological polar surface area (TPSA) is 71.5 Å². The first kappa shape index (κ1) is 18.7. The van der Waals surface area contributed by atoms with Gasteiger partial charge in [0.2, 0.25) is 10.0 Å². The minimum Gasteiger partial charge on any atom is -0.229 e. The molecule has 5 nitrogen and oxygen atoms in total. The van der Waals surface area contributed by atoms with Crippen LogP contribution in [0.25, 0.3) is 0 Å². The van der Waals surface area contributed by atoms with Gasteiger partial charge in [0.05, 0.1) is 15.9 Å². The average Bonchev–Trinajstić information content (AvgIpc) is 2.46. The van der Waals surface area contributed by atoms with Crippen LogP contribution in [0.2, 0.25) is 5.02 Å². The van der Waals surface area contributed by atoms with E-state index in [-0.39, 0.29) is 29.7 Å². The molecule has 1 aromatic rings. The summed E-state index contributed by atoms with van der Waals surface area (Å²) < 4.78 is 51.1. The lowest BCUT2D eigenvalue weighted by Crippen LogP contribution is -2.43. The number of hydrogen-bond donors (Lipinski definition) is 0. The van der Waals surface area contributed by atoms with Gasteiger partial charge in [-0.3, -0.25) is 0 Å². The molecule has 0 saturated carbocycles. The largest absolute Gasteiger partial charge is 0.243 e. The first-order valence-electron chi connectivity index (χ1n) is 7.60. The fraction of sp³-hybridized carbons (Fsp3) is 0.600. The lowest BCUT2D eigenvalue weighted by atomic mass is 10.2. The van der Waals surface area contributed by atoms with Crippen LogP contribution in [0.1, 0.15) is 26.7 Å². The van der Waals surface area contributed by atoms with Crippen molar-refractivity contribution in [3.05, 3.63) is 29.3 Å². The predicted molar refractivity (Wildman–Crippen MR) is 91.9 cm³/mol. The van der Waals surface area contributed by atoms with Crippen LogP contribution < -0.4 is 0 Å². The Hall–Kier alpha value is -0.630. The highest BCUT2D eigenvalue weighted by molar-refractivity contribution is 7.92. The Bertz CT molecular complexity index is 751. The molecule has 1 heterocycles. The van der Waals surface area contributed by atoms with Gasteiger partial charge in [0.15, 0.2) is 9.84 Å². The second-order valence-electron chi connectivity index (χ2n) is 6.28. The number of sulfone groups is 1. The number of benzene rings is 1. The summed E-state index contributed by atoms with van der Waals surface area (Å²) in [5, 5.41) is -0.0869. The van der Waals surface area contributed by atoms with E-state index in [1.54, 1.807) is 12.1 Å². The molecule has 0 radical (unpaired) electrons. The molecule has 0 N–H and O–H groups in total. The summed E-state index contributed by atoms with van der Waals surface area (Å²) in [4.78, 5) is 0.147. The van der Waals surface area contributed by atoms with Gasteiger partial charge < -0.3 is 0 Å². The molecule has 0 aliphatic carbocycles. The number of rotatable bonds is 5. The standard InChI is InChI=1S/C15H22ClNO4S2/c1-12(2)11-22(18,19)14-6-8-17(9-7-14)23(20,21)15-5-3-4-13(16)10-15/h3-5,10,12,14H,6-9,11H2,1-2H3. The van der Waals surface area contributed by atoms with E-state index in [1.165, 1.54) is 16.4 Å². The first-order valence-corrected chi connectivity index (χ1v) is 11.1. The van der Waals surface area contributed by atoms with Crippen LogP contribution in [0.15, 0.2) is 29.2 Å². The van der Waals surface area contributed by atoms with E-state index in [0.717, 1.165) is 0 Å². The maximum atomic E-state index is 12.6. The van der Waals surface area contributed by atoms with Crippen molar-refractivity contribution in [2.45, 2.75) is 36.8 Å². The van der Waals surface area contributed by atoms with Crippen molar-refractivity contribution in [3.8, 4) is 0 Å². The molecule has 1 aliphatic rings. The Balaban J connectivity index is 2.10. The summed E-state index contributed by atoms with van der Waals surface area (Å²) in [6.45, 7) is 4.18.